The Morgan fingerprint density at radius 1 is 1.00 bits per heavy atom. The normalized spacial score (nSPS) is 14.0. The van der Waals surface area contributed by atoms with Crippen LogP contribution in [0, 0.1) is 0 Å². The first-order chi connectivity index (χ1) is 15.8. The number of carbonyl (C=O) groups is 2. The molecule has 1 aliphatic rings. The van der Waals surface area contributed by atoms with E-state index in [0.29, 0.717) is 53.5 Å². The maximum Gasteiger partial charge on any atom is 0.261 e. The largest absolute Gasteiger partial charge is 0.368 e. The Labute approximate surface area is 201 Å². The number of fused-ring (bicyclic) bond motifs is 1. The van der Waals surface area contributed by atoms with Gasteiger partial charge in [-0.25, -0.2) is 4.98 Å². The lowest BCUT2D eigenvalue weighted by molar-refractivity contribution is -0.129. The van der Waals surface area contributed by atoms with Crippen LogP contribution in [0.2, 0.25) is 10.0 Å². The van der Waals surface area contributed by atoms with Crippen molar-refractivity contribution in [3.8, 4) is 0 Å². The van der Waals surface area contributed by atoms with Crippen molar-refractivity contribution in [2.45, 2.75) is 26.3 Å². The Morgan fingerprint density at radius 2 is 1.76 bits per heavy atom. The molecule has 0 N–H and O–H groups in total. The highest BCUT2D eigenvalue weighted by atomic mass is 35.5. The predicted octanol–water partition coefficient (Wildman–Crippen LogP) is 3.57. The summed E-state index contributed by atoms with van der Waals surface area (Å²) in [6.07, 6.45) is 2.22. The number of rotatable bonds is 6. The Bertz CT molecular complexity index is 1270. The molecule has 3 aromatic rings. The number of nitrogens with zero attached hydrogens (tertiary/aromatic N) is 4. The van der Waals surface area contributed by atoms with E-state index in [1.807, 2.05) is 29.2 Å². The van der Waals surface area contributed by atoms with E-state index < -0.39 is 0 Å². The maximum absolute atomic E-state index is 13.1. The Kier molecular flexibility index (Phi) is 7.00. The van der Waals surface area contributed by atoms with Crippen molar-refractivity contribution in [2.24, 2.45) is 0 Å². The van der Waals surface area contributed by atoms with Gasteiger partial charge in [-0.3, -0.25) is 19.0 Å². The number of halogens is 2. The molecule has 0 aliphatic carbocycles. The third-order valence-electron chi connectivity index (χ3n) is 5.92. The van der Waals surface area contributed by atoms with Crippen LogP contribution in [-0.2, 0) is 22.6 Å². The summed E-state index contributed by atoms with van der Waals surface area (Å²) >= 11 is 12.0. The first-order valence-electron chi connectivity index (χ1n) is 10.8. The van der Waals surface area contributed by atoms with Gasteiger partial charge in [0, 0.05) is 45.2 Å². The number of carbonyl (C=O) groups excluding carboxylic acids is 2. The van der Waals surface area contributed by atoms with Crippen LogP contribution in [0.4, 0.5) is 5.69 Å². The van der Waals surface area contributed by atoms with Gasteiger partial charge in [0.1, 0.15) is 0 Å². The first-order valence-corrected chi connectivity index (χ1v) is 11.5. The van der Waals surface area contributed by atoms with Crippen LogP contribution in [0.25, 0.3) is 10.9 Å². The minimum Gasteiger partial charge on any atom is -0.368 e. The summed E-state index contributed by atoms with van der Waals surface area (Å²) in [5, 5.41) is 1.40. The highest BCUT2D eigenvalue weighted by Gasteiger charge is 2.19. The van der Waals surface area contributed by atoms with Gasteiger partial charge in [0.15, 0.2) is 5.78 Å². The van der Waals surface area contributed by atoms with Crippen LogP contribution in [0.3, 0.4) is 0 Å². The van der Waals surface area contributed by atoms with E-state index in [4.69, 9.17) is 23.2 Å². The Balaban J connectivity index is 1.46. The first kappa shape index (κ1) is 23.3. The maximum atomic E-state index is 13.1. The summed E-state index contributed by atoms with van der Waals surface area (Å²) in [6.45, 7) is 4.24. The van der Waals surface area contributed by atoms with Gasteiger partial charge in [-0.2, -0.15) is 0 Å². The topological polar surface area (TPSA) is 75.5 Å². The quantitative estimate of drug-likeness (QED) is 0.532. The standard InChI is InChI=1S/C24H24Cl2N4O3/c1-16(31)28-8-10-29(11-9-28)18-4-7-23-20(13-18)24(33)30(15-27-23)14-19(32)5-2-17-3-6-21(25)22(26)12-17/h3-4,6-7,12-13,15H,2,5,8-11,14H2,1H3. The van der Waals surface area contributed by atoms with E-state index in [0.717, 1.165) is 11.3 Å². The number of ketones is 1. The van der Waals surface area contributed by atoms with Crippen LogP contribution in [0.1, 0.15) is 18.9 Å². The number of anilines is 1. The third kappa shape index (κ3) is 5.37. The Morgan fingerprint density at radius 3 is 2.45 bits per heavy atom. The van der Waals surface area contributed by atoms with Crippen molar-refractivity contribution >= 4 is 51.5 Å². The molecule has 1 fully saturated rings. The smallest absolute Gasteiger partial charge is 0.261 e. The number of aryl methyl sites for hydroxylation is 1. The second-order valence-corrected chi connectivity index (χ2v) is 8.97. The average Bonchev–Trinajstić information content (AvgIpc) is 2.81. The number of hydrogen-bond donors (Lipinski definition) is 0. The predicted molar refractivity (Wildman–Crippen MR) is 130 cm³/mol. The van der Waals surface area contributed by atoms with E-state index in [2.05, 4.69) is 9.88 Å². The number of amides is 1. The summed E-state index contributed by atoms with van der Waals surface area (Å²) in [5.74, 6) is 0.00454. The molecule has 0 radical (unpaired) electrons. The van der Waals surface area contributed by atoms with E-state index in [-0.39, 0.29) is 30.2 Å². The van der Waals surface area contributed by atoms with Gasteiger partial charge in [0.25, 0.3) is 5.56 Å². The third-order valence-corrected chi connectivity index (χ3v) is 6.66. The van der Waals surface area contributed by atoms with Crippen molar-refractivity contribution in [1.29, 1.82) is 0 Å². The van der Waals surface area contributed by atoms with Gasteiger partial charge in [0.05, 0.1) is 33.8 Å². The van der Waals surface area contributed by atoms with Gasteiger partial charge >= 0.3 is 0 Å². The molecule has 33 heavy (non-hydrogen) atoms. The van der Waals surface area contributed by atoms with Gasteiger partial charge in [0.2, 0.25) is 5.91 Å². The molecule has 172 valence electrons. The minimum absolute atomic E-state index is 0.0371. The molecule has 2 aromatic carbocycles. The zero-order valence-electron chi connectivity index (χ0n) is 18.3. The van der Waals surface area contributed by atoms with E-state index in [1.54, 1.807) is 19.1 Å². The molecule has 2 heterocycles. The fourth-order valence-electron chi connectivity index (χ4n) is 3.98. The number of aromatic nitrogens is 2. The number of hydrogen-bond acceptors (Lipinski definition) is 5. The monoisotopic (exact) mass is 486 g/mol. The van der Waals surface area contributed by atoms with Crippen LogP contribution in [-0.4, -0.2) is 52.3 Å². The fraction of sp³-hybridized carbons (Fsp3) is 0.333. The van der Waals surface area contributed by atoms with E-state index in [1.165, 1.54) is 10.9 Å². The number of benzene rings is 2. The lowest BCUT2D eigenvalue weighted by atomic mass is 10.1. The zero-order chi connectivity index (χ0) is 23.5. The van der Waals surface area contributed by atoms with E-state index >= 15 is 0 Å². The summed E-state index contributed by atoms with van der Waals surface area (Å²) in [5.41, 5.74) is 2.17. The van der Waals surface area contributed by atoms with Crippen LogP contribution in [0.5, 0.6) is 0 Å². The molecular formula is C24H24Cl2N4O3. The molecule has 1 aliphatic heterocycles. The van der Waals surface area contributed by atoms with Crippen LogP contribution >= 0.6 is 23.2 Å². The molecule has 1 amide bonds. The second-order valence-electron chi connectivity index (χ2n) is 8.16. The molecule has 0 unspecified atom stereocenters. The molecule has 1 aromatic heterocycles. The SMILES string of the molecule is CC(=O)N1CCN(c2ccc3ncn(CC(=O)CCc4ccc(Cl)c(Cl)c4)c(=O)c3c2)CC1. The van der Waals surface area contributed by atoms with Crippen molar-refractivity contribution in [1.82, 2.24) is 14.5 Å². The molecule has 0 bridgehead atoms. The molecule has 9 heteroatoms. The summed E-state index contributed by atoms with van der Waals surface area (Å²) in [4.78, 5) is 45.5. The van der Waals surface area contributed by atoms with Crippen molar-refractivity contribution in [3.05, 3.63) is 68.7 Å². The number of Topliss-reactive ketones (excluding diaryl/α,β-unsaturated/α-hetero) is 1. The van der Waals surface area contributed by atoms with Gasteiger partial charge in [-0.15, -0.1) is 0 Å². The second kappa shape index (κ2) is 9.93. The highest BCUT2D eigenvalue weighted by Crippen LogP contribution is 2.23. The van der Waals surface area contributed by atoms with Crippen molar-refractivity contribution in [2.75, 3.05) is 31.1 Å². The minimum atomic E-state index is -0.243. The van der Waals surface area contributed by atoms with Crippen LogP contribution in [0.15, 0.2) is 47.5 Å². The summed E-state index contributed by atoms with van der Waals surface area (Å²) < 4.78 is 1.36. The average molecular weight is 487 g/mol. The summed E-state index contributed by atoms with van der Waals surface area (Å²) in [6, 6.07) is 10.9. The molecule has 7 nitrogen and oxygen atoms in total. The van der Waals surface area contributed by atoms with Gasteiger partial charge in [-0.05, 0) is 42.3 Å². The van der Waals surface area contributed by atoms with E-state index in [9.17, 15) is 14.4 Å². The fourth-order valence-corrected chi connectivity index (χ4v) is 4.30. The molecule has 0 atom stereocenters. The summed E-state index contributed by atoms with van der Waals surface area (Å²) in [7, 11) is 0. The molecule has 0 spiro atoms. The number of piperazine rings is 1. The van der Waals surface area contributed by atoms with Gasteiger partial charge < -0.3 is 9.80 Å². The van der Waals surface area contributed by atoms with Gasteiger partial charge in [-0.1, -0.05) is 29.3 Å². The lowest BCUT2D eigenvalue weighted by Crippen LogP contribution is -2.48. The van der Waals surface area contributed by atoms with Crippen molar-refractivity contribution < 1.29 is 9.59 Å². The molecule has 0 saturated carbocycles. The lowest BCUT2D eigenvalue weighted by Gasteiger charge is -2.35. The molecule has 1 saturated heterocycles. The van der Waals surface area contributed by atoms with Crippen molar-refractivity contribution in [3.63, 3.8) is 0 Å². The zero-order valence-corrected chi connectivity index (χ0v) is 19.8. The molecule has 4 rings (SSSR count). The molecular weight excluding hydrogens is 463 g/mol. The van der Waals surface area contributed by atoms with Crippen LogP contribution < -0.4 is 10.5 Å². The Hall–Kier alpha value is -2.90. The highest BCUT2D eigenvalue weighted by molar-refractivity contribution is 6.42.